The summed E-state index contributed by atoms with van der Waals surface area (Å²) in [6.07, 6.45) is 1.95. The topological polar surface area (TPSA) is 71.1 Å². The van der Waals surface area contributed by atoms with Crippen LogP contribution in [-0.2, 0) is 4.79 Å². The number of anilines is 2. The quantitative estimate of drug-likeness (QED) is 0.666. The molecule has 0 spiro atoms. The fourth-order valence-electron chi connectivity index (χ4n) is 2.53. The van der Waals surface area contributed by atoms with E-state index >= 15 is 0 Å². The third kappa shape index (κ3) is 3.68. The summed E-state index contributed by atoms with van der Waals surface area (Å²) in [5, 5.41) is 10.7. The largest absolute Gasteiger partial charge is 0.326 e. The first-order valence-corrected chi connectivity index (χ1v) is 10.1. The number of thiophene rings is 1. The number of hydrogen-bond donors (Lipinski definition) is 2. The molecule has 1 aromatic carbocycles. The fourth-order valence-corrected chi connectivity index (χ4v) is 4.20. The van der Waals surface area contributed by atoms with Crippen LogP contribution in [0.1, 0.15) is 28.2 Å². The zero-order valence-corrected chi connectivity index (χ0v) is 15.7. The molecule has 1 fully saturated rings. The van der Waals surface area contributed by atoms with Gasteiger partial charge in [-0.1, -0.05) is 0 Å². The lowest BCUT2D eigenvalue weighted by Crippen LogP contribution is -2.14. The second-order valence-corrected chi connectivity index (χ2v) is 8.02. The maximum Gasteiger partial charge on any atom is 0.267 e. The Hall–Kier alpha value is -2.51. The summed E-state index contributed by atoms with van der Waals surface area (Å²) in [6.45, 7) is 1.85. The Bertz CT molecular complexity index is 942. The number of hydrogen-bond acceptors (Lipinski definition) is 5. The second kappa shape index (κ2) is 7.01. The molecular formula is C19H17N3O2S2. The number of aromatic nitrogens is 1. The molecule has 5 nitrogen and oxygen atoms in total. The van der Waals surface area contributed by atoms with Gasteiger partial charge in [-0.2, -0.15) is 11.3 Å². The van der Waals surface area contributed by atoms with Crippen molar-refractivity contribution in [3.63, 3.8) is 0 Å². The van der Waals surface area contributed by atoms with Crippen LogP contribution in [0.15, 0.2) is 41.1 Å². The first-order chi connectivity index (χ1) is 12.6. The van der Waals surface area contributed by atoms with Crippen LogP contribution in [0.25, 0.3) is 10.6 Å². The highest BCUT2D eigenvalue weighted by Gasteiger charge is 2.29. The van der Waals surface area contributed by atoms with E-state index in [2.05, 4.69) is 15.6 Å². The van der Waals surface area contributed by atoms with Crippen molar-refractivity contribution >= 4 is 45.9 Å². The summed E-state index contributed by atoms with van der Waals surface area (Å²) in [7, 11) is 0. The molecule has 2 amide bonds. The maximum atomic E-state index is 12.6. The Balaban J connectivity index is 1.43. The molecule has 1 aliphatic carbocycles. The van der Waals surface area contributed by atoms with Gasteiger partial charge in [-0.3, -0.25) is 9.59 Å². The van der Waals surface area contributed by atoms with Crippen LogP contribution in [0.2, 0.25) is 0 Å². The van der Waals surface area contributed by atoms with Crippen LogP contribution in [0.4, 0.5) is 11.4 Å². The lowest BCUT2D eigenvalue weighted by Gasteiger charge is -2.07. The number of thiazole rings is 1. The summed E-state index contributed by atoms with van der Waals surface area (Å²) in [5.74, 6) is 0.0698. The molecule has 0 bridgehead atoms. The molecule has 2 heterocycles. The number of nitrogens with zero attached hydrogens (tertiary/aromatic N) is 1. The van der Waals surface area contributed by atoms with E-state index in [9.17, 15) is 9.59 Å². The number of rotatable bonds is 5. The van der Waals surface area contributed by atoms with Crippen molar-refractivity contribution < 1.29 is 9.59 Å². The van der Waals surface area contributed by atoms with E-state index < -0.39 is 0 Å². The molecular weight excluding hydrogens is 366 g/mol. The van der Waals surface area contributed by atoms with E-state index in [0.29, 0.717) is 10.6 Å². The van der Waals surface area contributed by atoms with Crippen molar-refractivity contribution in [3.05, 3.63) is 51.7 Å². The van der Waals surface area contributed by atoms with Gasteiger partial charge in [0.1, 0.15) is 9.88 Å². The molecule has 1 aliphatic rings. The predicted molar refractivity (Wildman–Crippen MR) is 106 cm³/mol. The Labute approximate surface area is 159 Å². The molecule has 26 heavy (non-hydrogen) atoms. The third-order valence-corrected chi connectivity index (χ3v) is 6.02. The Morgan fingerprint density at radius 2 is 1.77 bits per heavy atom. The van der Waals surface area contributed by atoms with E-state index in [1.54, 1.807) is 35.6 Å². The normalized spacial score (nSPS) is 13.4. The van der Waals surface area contributed by atoms with Gasteiger partial charge in [0.15, 0.2) is 0 Å². The minimum atomic E-state index is -0.170. The Morgan fingerprint density at radius 1 is 1.08 bits per heavy atom. The Morgan fingerprint density at radius 3 is 2.38 bits per heavy atom. The van der Waals surface area contributed by atoms with Gasteiger partial charge >= 0.3 is 0 Å². The molecule has 0 radical (unpaired) electrons. The van der Waals surface area contributed by atoms with Gasteiger partial charge in [-0.15, -0.1) is 11.3 Å². The van der Waals surface area contributed by atoms with Crippen LogP contribution >= 0.6 is 22.7 Å². The summed E-state index contributed by atoms with van der Waals surface area (Å²) >= 11 is 3.00. The van der Waals surface area contributed by atoms with Crippen molar-refractivity contribution in [1.82, 2.24) is 4.98 Å². The number of aryl methyl sites for hydroxylation is 1. The van der Waals surface area contributed by atoms with Crippen molar-refractivity contribution in [3.8, 4) is 10.6 Å². The molecule has 0 unspecified atom stereocenters. The molecule has 2 aromatic heterocycles. The smallest absolute Gasteiger partial charge is 0.267 e. The van der Waals surface area contributed by atoms with Crippen molar-refractivity contribution in [1.29, 1.82) is 0 Å². The zero-order valence-electron chi connectivity index (χ0n) is 14.1. The van der Waals surface area contributed by atoms with Gasteiger partial charge in [0.25, 0.3) is 5.91 Å². The van der Waals surface area contributed by atoms with Crippen molar-refractivity contribution in [2.75, 3.05) is 10.6 Å². The third-order valence-electron chi connectivity index (χ3n) is 4.13. The molecule has 1 saturated carbocycles. The van der Waals surface area contributed by atoms with Gasteiger partial charge in [0.05, 0.1) is 5.69 Å². The first kappa shape index (κ1) is 16.9. The van der Waals surface area contributed by atoms with Gasteiger partial charge < -0.3 is 10.6 Å². The molecule has 0 atom stereocenters. The monoisotopic (exact) mass is 383 g/mol. The van der Waals surface area contributed by atoms with Gasteiger partial charge in [-0.05, 0) is 55.5 Å². The van der Waals surface area contributed by atoms with Crippen LogP contribution in [-0.4, -0.2) is 16.8 Å². The van der Waals surface area contributed by atoms with Gasteiger partial charge in [0.2, 0.25) is 5.91 Å². The first-order valence-electron chi connectivity index (χ1n) is 8.32. The SMILES string of the molecule is Cc1nc(-c2ccsc2)sc1C(=O)Nc1ccc(NC(=O)C2CC2)cc1. The number of benzene rings is 1. The summed E-state index contributed by atoms with van der Waals surface area (Å²) < 4.78 is 0. The molecule has 2 N–H and O–H groups in total. The highest BCUT2D eigenvalue weighted by Crippen LogP contribution is 2.31. The standard InChI is InChI=1S/C19H17N3O2S2/c1-11-16(26-19(20-11)13-8-9-25-10-13)18(24)22-15-6-4-14(5-7-15)21-17(23)12-2-3-12/h4-10,12H,2-3H2,1H3,(H,21,23)(H,22,24). The van der Waals surface area contributed by atoms with Crippen LogP contribution in [0.5, 0.6) is 0 Å². The van der Waals surface area contributed by atoms with E-state index in [1.807, 2.05) is 23.8 Å². The molecule has 0 saturated heterocycles. The number of nitrogens with one attached hydrogen (secondary N) is 2. The molecule has 0 aliphatic heterocycles. The lowest BCUT2D eigenvalue weighted by atomic mass is 10.2. The maximum absolute atomic E-state index is 12.6. The van der Waals surface area contributed by atoms with E-state index in [0.717, 1.165) is 34.8 Å². The summed E-state index contributed by atoms with van der Waals surface area (Å²) in [4.78, 5) is 29.5. The van der Waals surface area contributed by atoms with Crippen molar-refractivity contribution in [2.45, 2.75) is 19.8 Å². The predicted octanol–water partition coefficient (Wildman–Crippen LogP) is 4.78. The minimum absolute atomic E-state index is 0.0723. The summed E-state index contributed by atoms with van der Waals surface area (Å²) in [6, 6.07) is 9.17. The average molecular weight is 383 g/mol. The van der Waals surface area contributed by atoms with Crippen molar-refractivity contribution in [2.24, 2.45) is 5.92 Å². The fraction of sp³-hybridized carbons (Fsp3) is 0.211. The molecule has 4 rings (SSSR count). The number of carbonyl (C=O) groups excluding carboxylic acids is 2. The summed E-state index contributed by atoms with van der Waals surface area (Å²) in [5.41, 5.74) is 3.19. The molecule has 132 valence electrons. The minimum Gasteiger partial charge on any atom is -0.326 e. The number of amides is 2. The van der Waals surface area contributed by atoms with Gasteiger partial charge in [0, 0.05) is 28.2 Å². The van der Waals surface area contributed by atoms with E-state index in [4.69, 9.17) is 0 Å². The van der Waals surface area contributed by atoms with E-state index in [-0.39, 0.29) is 17.7 Å². The highest BCUT2D eigenvalue weighted by atomic mass is 32.1. The van der Waals surface area contributed by atoms with E-state index in [1.165, 1.54) is 11.3 Å². The van der Waals surface area contributed by atoms with Gasteiger partial charge in [-0.25, -0.2) is 4.98 Å². The second-order valence-electron chi connectivity index (χ2n) is 6.24. The van der Waals surface area contributed by atoms with Crippen LogP contribution in [0.3, 0.4) is 0 Å². The lowest BCUT2D eigenvalue weighted by molar-refractivity contribution is -0.117. The zero-order chi connectivity index (χ0) is 18.1. The average Bonchev–Trinajstić information content (AvgIpc) is 3.19. The highest BCUT2D eigenvalue weighted by molar-refractivity contribution is 7.17. The Kier molecular flexibility index (Phi) is 4.57. The molecule has 3 aromatic rings. The molecule has 7 heteroatoms. The van der Waals surface area contributed by atoms with Crippen LogP contribution in [0, 0.1) is 12.8 Å². The van der Waals surface area contributed by atoms with Crippen LogP contribution < -0.4 is 10.6 Å². The number of carbonyl (C=O) groups is 2.